The van der Waals surface area contributed by atoms with Crippen molar-refractivity contribution in [3.8, 4) is 0 Å². The van der Waals surface area contributed by atoms with E-state index >= 15 is 0 Å². The highest BCUT2D eigenvalue weighted by molar-refractivity contribution is 5.97. The first-order valence-electron chi connectivity index (χ1n) is 15.8. The summed E-state index contributed by atoms with van der Waals surface area (Å²) < 4.78 is 2.50. The normalized spacial score (nSPS) is 23.5. The molecule has 0 radical (unpaired) electrons. The maximum atomic E-state index is 13.4. The molecular weight excluding hydrogens is 536 g/mol. The lowest BCUT2D eigenvalue weighted by molar-refractivity contribution is 0.0607. The minimum absolute atomic E-state index is 0.0222. The van der Waals surface area contributed by atoms with Gasteiger partial charge in [-0.3, -0.25) is 9.69 Å². The molecule has 3 fully saturated rings. The van der Waals surface area contributed by atoms with Crippen molar-refractivity contribution < 1.29 is 14.7 Å². The minimum atomic E-state index is -1.01. The number of hydrogen-bond donors (Lipinski definition) is 1. The molecule has 2 bridgehead atoms. The van der Waals surface area contributed by atoms with E-state index in [0.717, 1.165) is 37.1 Å². The summed E-state index contributed by atoms with van der Waals surface area (Å²) in [5.41, 5.74) is 4.35. The summed E-state index contributed by atoms with van der Waals surface area (Å²) in [6.07, 6.45) is 7.78. The first-order chi connectivity index (χ1) is 20.9. The van der Waals surface area contributed by atoms with Crippen LogP contribution < -0.4 is 0 Å². The second-order valence-electron chi connectivity index (χ2n) is 12.8. The molecule has 4 aromatic rings. The molecule has 4 heterocycles. The number of likely N-dealkylation sites (tertiary alicyclic amines) is 1. The van der Waals surface area contributed by atoms with Gasteiger partial charge in [0.2, 0.25) is 0 Å². The summed E-state index contributed by atoms with van der Waals surface area (Å²) in [5, 5.41) is 9.39. The number of imidazole rings is 1. The molecule has 43 heavy (non-hydrogen) atoms. The van der Waals surface area contributed by atoms with Crippen molar-refractivity contribution in [2.24, 2.45) is 0 Å². The molecule has 3 saturated heterocycles. The van der Waals surface area contributed by atoms with E-state index in [1.807, 2.05) is 4.90 Å². The van der Waals surface area contributed by atoms with E-state index in [0.29, 0.717) is 36.8 Å². The largest absolute Gasteiger partial charge is 0.478 e. The molecule has 7 heteroatoms. The zero-order chi connectivity index (χ0) is 29.6. The molecule has 3 atom stereocenters. The van der Waals surface area contributed by atoms with Crippen molar-refractivity contribution in [3.63, 3.8) is 0 Å². The van der Waals surface area contributed by atoms with E-state index in [1.54, 1.807) is 12.1 Å². The van der Waals surface area contributed by atoms with E-state index in [-0.39, 0.29) is 16.9 Å². The van der Waals surface area contributed by atoms with Crippen molar-refractivity contribution >= 4 is 22.9 Å². The number of carboxylic acids is 1. The lowest BCUT2D eigenvalue weighted by Gasteiger charge is -2.45. The summed E-state index contributed by atoms with van der Waals surface area (Å²) in [5.74, 6) is 0.0353. The van der Waals surface area contributed by atoms with Crippen LogP contribution in [-0.4, -0.2) is 68.1 Å². The Morgan fingerprint density at radius 1 is 0.860 bits per heavy atom. The quantitative estimate of drug-likeness (QED) is 0.273. The van der Waals surface area contributed by atoms with Crippen molar-refractivity contribution in [3.05, 3.63) is 101 Å². The molecule has 0 spiro atoms. The number of piperidine rings is 2. The number of aromatic nitrogens is 2. The second-order valence-corrected chi connectivity index (χ2v) is 12.8. The van der Waals surface area contributed by atoms with Crippen LogP contribution in [-0.2, 0) is 5.41 Å². The number of carboxylic acid groups (broad SMARTS) is 1. The van der Waals surface area contributed by atoms with Gasteiger partial charge in [-0.05, 0) is 99.7 Å². The van der Waals surface area contributed by atoms with Crippen LogP contribution in [0.25, 0.3) is 11.0 Å². The molecular formula is C36H40N4O3. The lowest BCUT2D eigenvalue weighted by Crippen LogP contribution is -2.49. The molecule has 1 N–H and O–H groups in total. The molecule has 3 aliphatic heterocycles. The standard InChI is InChI=1S/C36H40N4O3/c1-25-37-32-12-5-6-13-33(32)40(25)31-23-29-14-15-30(24-31)39(29)21-18-36(28-10-3-2-4-11-28)16-19-38(20-17-36)34(41)26-8-7-9-27(22-26)35(42)43/h2-13,22,29-31H,14-21,23-24H2,1H3,(H,42,43)/t29-,30+,31+. The Morgan fingerprint density at radius 3 is 2.26 bits per heavy atom. The van der Waals surface area contributed by atoms with Gasteiger partial charge in [-0.2, -0.15) is 0 Å². The van der Waals surface area contributed by atoms with Gasteiger partial charge >= 0.3 is 5.97 Å². The van der Waals surface area contributed by atoms with Gasteiger partial charge in [0.15, 0.2) is 0 Å². The Hall–Kier alpha value is -3.97. The Bertz CT molecular complexity index is 1620. The highest BCUT2D eigenvalue weighted by Gasteiger charge is 2.44. The van der Waals surface area contributed by atoms with Crippen LogP contribution in [0.5, 0.6) is 0 Å². The number of nitrogens with zero attached hydrogens (tertiary/aromatic N) is 4. The molecule has 3 aromatic carbocycles. The average Bonchev–Trinajstić information content (AvgIpc) is 3.50. The van der Waals surface area contributed by atoms with Gasteiger partial charge in [0.25, 0.3) is 5.91 Å². The van der Waals surface area contributed by atoms with Gasteiger partial charge in [-0.1, -0.05) is 48.5 Å². The molecule has 0 unspecified atom stereocenters. The number of amides is 1. The van der Waals surface area contributed by atoms with Gasteiger partial charge in [-0.25, -0.2) is 9.78 Å². The van der Waals surface area contributed by atoms with Crippen LogP contribution in [0.4, 0.5) is 0 Å². The van der Waals surface area contributed by atoms with Crippen LogP contribution in [0.3, 0.4) is 0 Å². The van der Waals surface area contributed by atoms with Crippen molar-refractivity contribution in [1.29, 1.82) is 0 Å². The number of carbonyl (C=O) groups is 2. The summed E-state index contributed by atoms with van der Waals surface area (Å²) in [6, 6.07) is 27.5. The van der Waals surface area contributed by atoms with Crippen molar-refractivity contribution in [2.75, 3.05) is 19.6 Å². The van der Waals surface area contributed by atoms with Crippen LogP contribution in [0.2, 0.25) is 0 Å². The fraction of sp³-hybridized carbons (Fsp3) is 0.417. The topological polar surface area (TPSA) is 78.7 Å². The highest BCUT2D eigenvalue weighted by atomic mass is 16.4. The summed E-state index contributed by atoms with van der Waals surface area (Å²) >= 11 is 0. The molecule has 3 aliphatic rings. The third kappa shape index (κ3) is 5.14. The number of benzene rings is 3. The van der Waals surface area contributed by atoms with Crippen molar-refractivity contribution in [1.82, 2.24) is 19.4 Å². The molecule has 7 rings (SSSR count). The maximum Gasteiger partial charge on any atom is 0.335 e. The predicted molar refractivity (Wildman–Crippen MR) is 168 cm³/mol. The van der Waals surface area contributed by atoms with Crippen LogP contribution in [0.1, 0.15) is 83.1 Å². The number of rotatable bonds is 7. The third-order valence-corrected chi connectivity index (χ3v) is 10.6. The van der Waals surface area contributed by atoms with Crippen LogP contribution >= 0.6 is 0 Å². The summed E-state index contributed by atoms with van der Waals surface area (Å²) in [4.78, 5) is 34.4. The molecule has 1 amide bonds. The van der Waals surface area contributed by atoms with E-state index < -0.39 is 5.97 Å². The van der Waals surface area contributed by atoms with E-state index in [4.69, 9.17) is 4.98 Å². The SMILES string of the molecule is Cc1nc2ccccc2n1[C@H]1C[C@H]2CC[C@@H](C1)N2CCC1(c2ccccc2)CCN(C(=O)c2cccc(C(=O)O)c2)CC1. The number of carbonyl (C=O) groups excluding carboxylic acids is 1. The zero-order valence-corrected chi connectivity index (χ0v) is 24.9. The van der Waals surface area contributed by atoms with Gasteiger partial charge in [-0.15, -0.1) is 0 Å². The average molecular weight is 577 g/mol. The number of hydrogen-bond acceptors (Lipinski definition) is 4. The monoisotopic (exact) mass is 576 g/mol. The minimum Gasteiger partial charge on any atom is -0.478 e. The predicted octanol–water partition coefficient (Wildman–Crippen LogP) is 6.48. The molecule has 0 aliphatic carbocycles. The number of fused-ring (bicyclic) bond motifs is 3. The first kappa shape index (κ1) is 27.8. The van der Waals surface area contributed by atoms with E-state index in [2.05, 4.69) is 71.0 Å². The first-order valence-corrected chi connectivity index (χ1v) is 15.8. The van der Waals surface area contributed by atoms with Crippen LogP contribution in [0, 0.1) is 6.92 Å². The van der Waals surface area contributed by atoms with Gasteiger partial charge < -0.3 is 14.6 Å². The highest BCUT2D eigenvalue weighted by Crippen LogP contribution is 2.45. The Balaban J connectivity index is 1.06. The Kier molecular flexibility index (Phi) is 7.29. The fourth-order valence-corrected chi connectivity index (χ4v) is 8.37. The summed E-state index contributed by atoms with van der Waals surface area (Å²) in [6.45, 7) is 4.58. The second kappa shape index (κ2) is 11.3. The summed E-state index contributed by atoms with van der Waals surface area (Å²) in [7, 11) is 0. The molecule has 7 nitrogen and oxygen atoms in total. The molecule has 222 valence electrons. The Morgan fingerprint density at radius 2 is 1.53 bits per heavy atom. The fourth-order valence-electron chi connectivity index (χ4n) is 8.37. The van der Waals surface area contributed by atoms with Gasteiger partial charge in [0.1, 0.15) is 5.82 Å². The Labute approximate surface area is 253 Å². The maximum absolute atomic E-state index is 13.4. The van der Waals surface area contributed by atoms with Gasteiger partial charge in [0, 0.05) is 36.8 Å². The lowest BCUT2D eigenvalue weighted by atomic mass is 9.70. The number of para-hydroxylation sites is 2. The zero-order valence-electron chi connectivity index (χ0n) is 24.9. The van der Waals surface area contributed by atoms with Gasteiger partial charge in [0.05, 0.1) is 16.6 Å². The van der Waals surface area contributed by atoms with Crippen LogP contribution in [0.15, 0.2) is 78.9 Å². The molecule has 1 aromatic heterocycles. The number of aryl methyl sites for hydroxylation is 1. The van der Waals surface area contributed by atoms with E-state index in [9.17, 15) is 14.7 Å². The molecule has 0 saturated carbocycles. The van der Waals surface area contributed by atoms with Crippen molar-refractivity contribution in [2.45, 2.75) is 75.4 Å². The third-order valence-electron chi connectivity index (χ3n) is 10.6. The smallest absolute Gasteiger partial charge is 0.335 e. The van der Waals surface area contributed by atoms with E-state index in [1.165, 1.54) is 48.9 Å². The number of aromatic carboxylic acids is 1.